The smallest absolute Gasteiger partial charge is 0.142 e. The van der Waals surface area contributed by atoms with Crippen molar-refractivity contribution >= 4 is 5.69 Å². The SMILES string of the molecule is CN(C)C1CCN(c2ccnc(C#N)c2)C1. The van der Waals surface area contributed by atoms with Crippen molar-refractivity contribution in [2.45, 2.75) is 12.5 Å². The van der Waals surface area contributed by atoms with Gasteiger partial charge in [0.1, 0.15) is 11.8 Å². The largest absolute Gasteiger partial charge is 0.370 e. The molecule has 1 aliphatic rings. The highest BCUT2D eigenvalue weighted by Crippen LogP contribution is 2.21. The average Bonchev–Trinajstić information content (AvgIpc) is 2.78. The molecule has 1 aromatic heterocycles. The Hall–Kier alpha value is -1.60. The van der Waals surface area contributed by atoms with Crippen LogP contribution in [0.3, 0.4) is 0 Å². The van der Waals surface area contributed by atoms with Crippen molar-refractivity contribution in [3.05, 3.63) is 24.0 Å². The van der Waals surface area contributed by atoms with Gasteiger partial charge in [0.15, 0.2) is 0 Å². The van der Waals surface area contributed by atoms with E-state index >= 15 is 0 Å². The maximum absolute atomic E-state index is 8.81. The van der Waals surface area contributed by atoms with Crippen molar-refractivity contribution in [3.8, 4) is 6.07 Å². The molecule has 16 heavy (non-hydrogen) atoms. The van der Waals surface area contributed by atoms with E-state index in [0.717, 1.165) is 18.8 Å². The Morgan fingerprint density at radius 1 is 1.56 bits per heavy atom. The Balaban J connectivity index is 2.12. The quantitative estimate of drug-likeness (QED) is 0.742. The van der Waals surface area contributed by atoms with E-state index in [2.05, 4.69) is 34.9 Å². The van der Waals surface area contributed by atoms with Crippen LogP contribution in [0.15, 0.2) is 18.3 Å². The molecule has 2 heterocycles. The van der Waals surface area contributed by atoms with E-state index in [-0.39, 0.29) is 0 Å². The summed E-state index contributed by atoms with van der Waals surface area (Å²) in [6.45, 7) is 2.08. The number of likely N-dealkylation sites (N-methyl/N-ethyl adjacent to an activating group) is 1. The minimum Gasteiger partial charge on any atom is -0.370 e. The zero-order valence-corrected chi connectivity index (χ0v) is 9.72. The molecule has 0 aromatic carbocycles. The highest BCUT2D eigenvalue weighted by atomic mass is 15.2. The Labute approximate surface area is 96.1 Å². The van der Waals surface area contributed by atoms with Crippen LogP contribution >= 0.6 is 0 Å². The fraction of sp³-hybridized carbons (Fsp3) is 0.500. The molecule has 2 rings (SSSR count). The number of aromatic nitrogens is 1. The van der Waals surface area contributed by atoms with Crippen LogP contribution in [0.1, 0.15) is 12.1 Å². The predicted molar refractivity (Wildman–Crippen MR) is 63.3 cm³/mol. The monoisotopic (exact) mass is 216 g/mol. The van der Waals surface area contributed by atoms with E-state index in [1.807, 2.05) is 12.1 Å². The second kappa shape index (κ2) is 4.50. The summed E-state index contributed by atoms with van der Waals surface area (Å²) >= 11 is 0. The molecule has 0 bridgehead atoms. The summed E-state index contributed by atoms with van der Waals surface area (Å²) in [4.78, 5) is 8.55. The molecular weight excluding hydrogens is 200 g/mol. The van der Waals surface area contributed by atoms with Crippen LogP contribution in [-0.4, -0.2) is 43.1 Å². The molecule has 4 nitrogen and oxygen atoms in total. The molecule has 84 valence electrons. The first kappa shape index (κ1) is 10.9. The first-order chi connectivity index (χ1) is 7.70. The van der Waals surface area contributed by atoms with Gasteiger partial charge < -0.3 is 9.80 Å². The zero-order chi connectivity index (χ0) is 11.5. The van der Waals surface area contributed by atoms with E-state index in [1.165, 1.54) is 6.42 Å². The van der Waals surface area contributed by atoms with Crippen molar-refractivity contribution in [3.63, 3.8) is 0 Å². The maximum atomic E-state index is 8.81. The van der Waals surface area contributed by atoms with Gasteiger partial charge in [0.05, 0.1) is 0 Å². The molecule has 0 amide bonds. The lowest BCUT2D eigenvalue weighted by atomic mass is 10.2. The van der Waals surface area contributed by atoms with E-state index in [1.54, 1.807) is 6.20 Å². The second-order valence-corrected chi connectivity index (χ2v) is 4.36. The van der Waals surface area contributed by atoms with Crippen LogP contribution in [0.4, 0.5) is 5.69 Å². The topological polar surface area (TPSA) is 43.2 Å². The summed E-state index contributed by atoms with van der Waals surface area (Å²) < 4.78 is 0. The Bertz CT molecular complexity index is 408. The minimum atomic E-state index is 0.491. The first-order valence-corrected chi connectivity index (χ1v) is 5.48. The normalized spacial score (nSPS) is 20.1. The molecule has 1 unspecified atom stereocenters. The summed E-state index contributed by atoms with van der Waals surface area (Å²) in [6, 6.07) is 6.52. The van der Waals surface area contributed by atoms with Gasteiger partial charge in [-0.1, -0.05) is 0 Å². The van der Waals surface area contributed by atoms with Gasteiger partial charge >= 0.3 is 0 Å². The molecule has 1 fully saturated rings. The van der Waals surface area contributed by atoms with Gasteiger partial charge in [-0.3, -0.25) is 0 Å². The molecule has 0 saturated carbocycles. The van der Waals surface area contributed by atoms with Gasteiger partial charge in [-0.15, -0.1) is 0 Å². The molecule has 0 N–H and O–H groups in total. The number of nitrogens with zero attached hydrogens (tertiary/aromatic N) is 4. The average molecular weight is 216 g/mol. The summed E-state index contributed by atoms with van der Waals surface area (Å²) in [5.74, 6) is 0. The standard InChI is InChI=1S/C12H16N4/c1-15(2)12-4-6-16(9-12)11-3-5-14-10(7-11)8-13/h3,5,7,12H,4,6,9H2,1-2H3. The van der Waals surface area contributed by atoms with Crippen molar-refractivity contribution in [1.29, 1.82) is 5.26 Å². The number of hydrogen-bond donors (Lipinski definition) is 0. The maximum Gasteiger partial charge on any atom is 0.142 e. The summed E-state index contributed by atoms with van der Waals surface area (Å²) in [5, 5.41) is 8.81. The highest BCUT2D eigenvalue weighted by molar-refractivity contribution is 5.49. The van der Waals surface area contributed by atoms with E-state index in [4.69, 9.17) is 5.26 Å². The zero-order valence-electron chi connectivity index (χ0n) is 9.72. The number of anilines is 1. The lowest BCUT2D eigenvalue weighted by Gasteiger charge is -2.21. The molecule has 4 heteroatoms. The molecule has 0 aliphatic carbocycles. The molecule has 1 aliphatic heterocycles. The Kier molecular flexibility index (Phi) is 3.07. The van der Waals surface area contributed by atoms with Crippen LogP contribution < -0.4 is 4.90 Å². The van der Waals surface area contributed by atoms with Gasteiger partial charge in [-0.25, -0.2) is 4.98 Å². The molecule has 1 saturated heterocycles. The van der Waals surface area contributed by atoms with Gasteiger partial charge in [0.2, 0.25) is 0 Å². The molecule has 0 spiro atoms. The third-order valence-electron chi connectivity index (χ3n) is 3.12. The predicted octanol–water partition coefficient (Wildman–Crippen LogP) is 1.09. The number of rotatable bonds is 2. The number of nitriles is 1. The molecular formula is C12H16N4. The summed E-state index contributed by atoms with van der Waals surface area (Å²) in [7, 11) is 4.23. The first-order valence-electron chi connectivity index (χ1n) is 5.48. The van der Waals surface area contributed by atoms with E-state index in [0.29, 0.717) is 11.7 Å². The van der Waals surface area contributed by atoms with Crippen molar-refractivity contribution in [2.75, 3.05) is 32.1 Å². The van der Waals surface area contributed by atoms with Crippen molar-refractivity contribution < 1.29 is 0 Å². The Morgan fingerprint density at radius 3 is 3.00 bits per heavy atom. The Morgan fingerprint density at radius 2 is 2.38 bits per heavy atom. The third-order valence-corrected chi connectivity index (χ3v) is 3.12. The molecule has 0 radical (unpaired) electrons. The number of hydrogen-bond acceptors (Lipinski definition) is 4. The lowest BCUT2D eigenvalue weighted by Crippen LogP contribution is -2.31. The van der Waals surface area contributed by atoms with Crippen LogP contribution in [0, 0.1) is 11.3 Å². The second-order valence-electron chi connectivity index (χ2n) is 4.36. The van der Waals surface area contributed by atoms with Crippen molar-refractivity contribution in [2.24, 2.45) is 0 Å². The highest BCUT2D eigenvalue weighted by Gasteiger charge is 2.24. The third kappa shape index (κ3) is 2.15. The summed E-state index contributed by atoms with van der Waals surface area (Å²) in [5.41, 5.74) is 1.60. The van der Waals surface area contributed by atoms with Crippen molar-refractivity contribution in [1.82, 2.24) is 9.88 Å². The van der Waals surface area contributed by atoms with Gasteiger partial charge in [-0.2, -0.15) is 5.26 Å². The molecule has 1 aromatic rings. The van der Waals surface area contributed by atoms with E-state index in [9.17, 15) is 0 Å². The van der Waals surface area contributed by atoms with Crippen LogP contribution in [0.25, 0.3) is 0 Å². The molecule has 1 atom stereocenters. The lowest BCUT2D eigenvalue weighted by molar-refractivity contribution is 0.315. The summed E-state index contributed by atoms with van der Waals surface area (Å²) in [6.07, 6.45) is 2.88. The number of pyridine rings is 1. The van der Waals surface area contributed by atoms with Gasteiger partial charge in [0, 0.05) is 31.0 Å². The van der Waals surface area contributed by atoms with Crippen LogP contribution in [-0.2, 0) is 0 Å². The fourth-order valence-electron chi connectivity index (χ4n) is 2.08. The minimum absolute atomic E-state index is 0.491. The van der Waals surface area contributed by atoms with Gasteiger partial charge in [-0.05, 0) is 32.6 Å². The fourth-order valence-corrected chi connectivity index (χ4v) is 2.08. The van der Waals surface area contributed by atoms with E-state index < -0.39 is 0 Å². The van der Waals surface area contributed by atoms with Gasteiger partial charge in [0.25, 0.3) is 0 Å². The van der Waals surface area contributed by atoms with Crippen LogP contribution in [0.5, 0.6) is 0 Å². The van der Waals surface area contributed by atoms with Crippen LogP contribution in [0.2, 0.25) is 0 Å².